The molecule has 3 N–H and O–H groups in total. The first-order valence-electron chi connectivity index (χ1n) is 7.01. The van der Waals surface area contributed by atoms with Crippen LogP contribution in [0, 0.1) is 0 Å². The number of primary amides is 1. The van der Waals surface area contributed by atoms with E-state index in [0.29, 0.717) is 17.2 Å². The fraction of sp³-hybridized carbons (Fsp3) is 0.200. The van der Waals surface area contributed by atoms with Crippen LogP contribution in [-0.2, 0) is 0 Å². The lowest BCUT2D eigenvalue weighted by molar-refractivity contribution is 0.100. The first-order chi connectivity index (χ1) is 11.0. The molecule has 1 amide bonds. The zero-order valence-corrected chi connectivity index (χ0v) is 13.4. The maximum absolute atomic E-state index is 11.6. The van der Waals surface area contributed by atoms with Gasteiger partial charge in [-0.3, -0.25) is 4.79 Å². The Hall–Kier alpha value is -2.67. The Morgan fingerprint density at radius 2 is 2.13 bits per heavy atom. The molecule has 8 heteroatoms. The van der Waals surface area contributed by atoms with Crippen LogP contribution in [0.4, 0.5) is 11.6 Å². The van der Waals surface area contributed by atoms with Crippen molar-refractivity contribution in [1.82, 2.24) is 19.5 Å². The summed E-state index contributed by atoms with van der Waals surface area (Å²) < 4.78 is 1.98. The van der Waals surface area contributed by atoms with Gasteiger partial charge in [-0.15, -0.1) is 0 Å². The number of carbonyl (C=O) groups excluding carboxylic acids is 1. The number of hydrogen-bond acceptors (Lipinski definition) is 5. The second-order valence-corrected chi connectivity index (χ2v) is 5.67. The van der Waals surface area contributed by atoms with Gasteiger partial charge in [-0.25, -0.2) is 15.0 Å². The standard InChI is InChI=1S/C15H15ClN6O/c1-8(2)22-7-10(14(17)23)9-6-19-13(5-11(9)22)20-12-3-4-18-15(16)21-12/h3-8H,1-2H3,(H2,17,23)(H,18,19,20,21). The van der Waals surface area contributed by atoms with Gasteiger partial charge in [0.25, 0.3) is 5.91 Å². The van der Waals surface area contributed by atoms with Crippen molar-refractivity contribution < 1.29 is 4.79 Å². The van der Waals surface area contributed by atoms with E-state index in [1.54, 1.807) is 24.7 Å². The Labute approximate surface area is 137 Å². The number of nitrogens with two attached hydrogens (primary N) is 1. The molecule has 0 radical (unpaired) electrons. The number of fused-ring (bicyclic) bond motifs is 1. The number of anilines is 2. The van der Waals surface area contributed by atoms with Gasteiger partial charge in [-0.1, -0.05) is 0 Å². The molecule has 3 aromatic rings. The van der Waals surface area contributed by atoms with Gasteiger partial charge >= 0.3 is 0 Å². The summed E-state index contributed by atoms with van der Waals surface area (Å²) in [7, 11) is 0. The van der Waals surface area contributed by atoms with Crippen molar-refractivity contribution in [3.63, 3.8) is 0 Å². The van der Waals surface area contributed by atoms with Gasteiger partial charge in [-0.05, 0) is 31.5 Å². The number of pyridine rings is 1. The smallest absolute Gasteiger partial charge is 0.250 e. The molecule has 0 fully saturated rings. The number of aromatic nitrogens is 4. The van der Waals surface area contributed by atoms with Crippen LogP contribution in [0.3, 0.4) is 0 Å². The molecular weight excluding hydrogens is 316 g/mol. The summed E-state index contributed by atoms with van der Waals surface area (Å²) in [5.41, 5.74) is 6.77. The lowest BCUT2D eigenvalue weighted by Gasteiger charge is -2.10. The SMILES string of the molecule is CC(C)n1cc(C(N)=O)c2cnc(Nc3ccnc(Cl)n3)cc21. The number of halogens is 1. The van der Waals surface area contributed by atoms with E-state index in [9.17, 15) is 4.79 Å². The van der Waals surface area contributed by atoms with Crippen molar-refractivity contribution in [2.24, 2.45) is 5.73 Å². The molecule has 3 heterocycles. The second-order valence-electron chi connectivity index (χ2n) is 5.33. The fourth-order valence-electron chi connectivity index (χ4n) is 2.37. The van der Waals surface area contributed by atoms with Crippen LogP contribution in [0.1, 0.15) is 30.2 Å². The van der Waals surface area contributed by atoms with E-state index in [4.69, 9.17) is 17.3 Å². The Morgan fingerprint density at radius 1 is 1.35 bits per heavy atom. The molecule has 0 saturated heterocycles. The Balaban J connectivity index is 2.07. The molecule has 0 aliphatic heterocycles. The van der Waals surface area contributed by atoms with Crippen LogP contribution < -0.4 is 11.1 Å². The molecule has 7 nitrogen and oxygen atoms in total. The average Bonchev–Trinajstić information content (AvgIpc) is 2.86. The largest absolute Gasteiger partial charge is 0.366 e. The van der Waals surface area contributed by atoms with Crippen LogP contribution in [0.5, 0.6) is 0 Å². The molecule has 0 aliphatic rings. The van der Waals surface area contributed by atoms with Gasteiger partial charge in [0.2, 0.25) is 5.28 Å². The van der Waals surface area contributed by atoms with Gasteiger partial charge in [0.15, 0.2) is 0 Å². The Kier molecular flexibility index (Phi) is 3.87. The Morgan fingerprint density at radius 3 is 2.78 bits per heavy atom. The highest BCUT2D eigenvalue weighted by atomic mass is 35.5. The highest BCUT2D eigenvalue weighted by Gasteiger charge is 2.15. The monoisotopic (exact) mass is 330 g/mol. The maximum atomic E-state index is 11.6. The fourth-order valence-corrected chi connectivity index (χ4v) is 2.52. The zero-order chi connectivity index (χ0) is 16.6. The van der Waals surface area contributed by atoms with Gasteiger partial charge in [0.05, 0.1) is 11.1 Å². The molecular formula is C15H15ClN6O. The molecule has 0 aliphatic carbocycles. The third-order valence-electron chi connectivity index (χ3n) is 3.42. The van der Waals surface area contributed by atoms with Gasteiger partial charge in [-0.2, -0.15) is 0 Å². The minimum atomic E-state index is -0.473. The number of amides is 1. The molecule has 23 heavy (non-hydrogen) atoms. The van der Waals surface area contributed by atoms with E-state index in [0.717, 1.165) is 10.9 Å². The Bertz CT molecular complexity index is 889. The summed E-state index contributed by atoms with van der Waals surface area (Å²) in [6.45, 7) is 4.06. The van der Waals surface area contributed by atoms with Gasteiger partial charge in [0.1, 0.15) is 11.6 Å². The molecule has 3 aromatic heterocycles. The number of hydrogen-bond donors (Lipinski definition) is 2. The molecule has 0 saturated carbocycles. The summed E-state index contributed by atoms with van der Waals surface area (Å²) in [5.74, 6) is 0.650. The summed E-state index contributed by atoms with van der Waals surface area (Å²) in [4.78, 5) is 23.8. The van der Waals surface area contributed by atoms with E-state index in [2.05, 4.69) is 20.3 Å². The van der Waals surface area contributed by atoms with E-state index < -0.39 is 5.91 Å². The topological polar surface area (TPSA) is 98.7 Å². The van der Waals surface area contributed by atoms with E-state index in [1.807, 2.05) is 24.5 Å². The molecule has 0 unspecified atom stereocenters. The lowest BCUT2D eigenvalue weighted by atomic mass is 10.2. The molecule has 0 aromatic carbocycles. The van der Waals surface area contributed by atoms with Crippen LogP contribution >= 0.6 is 11.6 Å². The predicted molar refractivity (Wildman–Crippen MR) is 89.0 cm³/mol. The third kappa shape index (κ3) is 2.95. The summed E-state index contributed by atoms with van der Waals surface area (Å²) in [6, 6.07) is 3.71. The number of carbonyl (C=O) groups is 1. The number of nitrogens with zero attached hydrogens (tertiary/aromatic N) is 4. The molecule has 0 atom stereocenters. The quantitative estimate of drug-likeness (QED) is 0.716. The van der Waals surface area contributed by atoms with Crippen molar-refractivity contribution in [3.05, 3.63) is 41.6 Å². The molecule has 0 spiro atoms. The van der Waals surface area contributed by atoms with Crippen LogP contribution in [0.25, 0.3) is 10.9 Å². The molecule has 0 bridgehead atoms. The van der Waals surface area contributed by atoms with Crippen molar-refractivity contribution in [2.45, 2.75) is 19.9 Å². The highest BCUT2D eigenvalue weighted by Crippen LogP contribution is 2.26. The van der Waals surface area contributed by atoms with E-state index in [-0.39, 0.29) is 11.3 Å². The predicted octanol–water partition coefficient (Wildman–Crippen LogP) is 2.90. The first-order valence-corrected chi connectivity index (χ1v) is 7.39. The average molecular weight is 331 g/mol. The summed E-state index contributed by atoms with van der Waals surface area (Å²) in [5, 5.41) is 3.94. The summed E-state index contributed by atoms with van der Waals surface area (Å²) in [6.07, 6.45) is 4.93. The van der Waals surface area contributed by atoms with Crippen molar-refractivity contribution >= 4 is 40.0 Å². The zero-order valence-electron chi connectivity index (χ0n) is 12.6. The van der Waals surface area contributed by atoms with Crippen molar-refractivity contribution in [1.29, 1.82) is 0 Å². The summed E-state index contributed by atoms with van der Waals surface area (Å²) >= 11 is 5.77. The molecule has 118 valence electrons. The minimum Gasteiger partial charge on any atom is -0.366 e. The third-order valence-corrected chi connectivity index (χ3v) is 3.60. The maximum Gasteiger partial charge on any atom is 0.250 e. The molecule has 3 rings (SSSR count). The highest BCUT2D eigenvalue weighted by molar-refractivity contribution is 6.28. The van der Waals surface area contributed by atoms with Crippen molar-refractivity contribution in [2.75, 3.05) is 5.32 Å². The van der Waals surface area contributed by atoms with E-state index in [1.165, 1.54) is 0 Å². The minimum absolute atomic E-state index is 0.151. The van der Waals surface area contributed by atoms with Gasteiger partial charge < -0.3 is 15.6 Å². The van der Waals surface area contributed by atoms with Crippen molar-refractivity contribution in [3.8, 4) is 0 Å². The van der Waals surface area contributed by atoms with Crippen LogP contribution in [0.15, 0.2) is 30.7 Å². The second kappa shape index (κ2) is 5.85. The first kappa shape index (κ1) is 15.2. The number of nitrogens with one attached hydrogen (secondary N) is 1. The van der Waals surface area contributed by atoms with E-state index >= 15 is 0 Å². The number of rotatable bonds is 4. The van der Waals surface area contributed by atoms with Crippen LogP contribution in [0.2, 0.25) is 5.28 Å². The van der Waals surface area contributed by atoms with Gasteiger partial charge in [0, 0.05) is 36.1 Å². The normalized spacial score (nSPS) is 11.1. The van der Waals surface area contributed by atoms with Crippen LogP contribution in [-0.4, -0.2) is 25.4 Å². The lowest BCUT2D eigenvalue weighted by Crippen LogP contribution is -2.10.